The number of aliphatic hydroxyl groups excluding tert-OH is 1. The van der Waals surface area contributed by atoms with Gasteiger partial charge in [0.2, 0.25) is 9.84 Å². The zero-order valence-corrected chi connectivity index (χ0v) is 21.0. The maximum Gasteiger partial charge on any atom is 0.339 e. The first-order chi connectivity index (χ1) is 16.1. The van der Waals surface area contributed by atoms with Crippen LogP contribution in [0.5, 0.6) is 0 Å². The van der Waals surface area contributed by atoms with Gasteiger partial charge in [-0.1, -0.05) is 47.5 Å². The van der Waals surface area contributed by atoms with Gasteiger partial charge in [0.15, 0.2) is 0 Å². The van der Waals surface area contributed by atoms with Gasteiger partial charge in [-0.15, -0.1) is 0 Å². The van der Waals surface area contributed by atoms with Crippen LogP contribution in [-0.4, -0.2) is 39.2 Å². The first-order valence-corrected chi connectivity index (χ1v) is 12.7. The van der Waals surface area contributed by atoms with Crippen molar-refractivity contribution in [3.8, 4) is 0 Å². The Balaban J connectivity index is 1.69. The standard InChI is InChI=1S/C25H25Cl2NO5S/c1-16(28-15-23(29)18-4-3-5-19(26)13-18)12-17-6-9-21(10-7-17)34(31,32)24-14-20(27)8-11-22(24)25(30)33-2/h3-11,13-14,16,23,28-29H,12,15H2,1-2H3/t16-,23+/m1/s1. The lowest BCUT2D eigenvalue weighted by Crippen LogP contribution is -2.32. The first kappa shape index (κ1) is 26.2. The number of sulfone groups is 1. The van der Waals surface area contributed by atoms with Crippen LogP contribution < -0.4 is 5.32 Å². The number of nitrogens with one attached hydrogen (secondary N) is 1. The molecule has 0 aliphatic heterocycles. The normalized spacial score (nSPS) is 13.3. The molecule has 0 unspecified atom stereocenters. The fourth-order valence-electron chi connectivity index (χ4n) is 3.50. The van der Waals surface area contributed by atoms with E-state index < -0.39 is 21.9 Å². The van der Waals surface area contributed by atoms with Crippen molar-refractivity contribution in [1.82, 2.24) is 5.32 Å². The zero-order chi connectivity index (χ0) is 24.9. The molecule has 0 aliphatic carbocycles. The molecular weight excluding hydrogens is 497 g/mol. The third kappa shape index (κ3) is 6.37. The van der Waals surface area contributed by atoms with Crippen LogP contribution in [0.2, 0.25) is 10.0 Å². The van der Waals surface area contributed by atoms with Crippen molar-refractivity contribution in [2.75, 3.05) is 13.7 Å². The van der Waals surface area contributed by atoms with Gasteiger partial charge in [0.25, 0.3) is 0 Å². The molecule has 3 aromatic rings. The van der Waals surface area contributed by atoms with E-state index in [9.17, 15) is 18.3 Å². The lowest BCUT2D eigenvalue weighted by Gasteiger charge is -2.18. The Hall–Kier alpha value is -2.42. The molecule has 2 atom stereocenters. The van der Waals surface area contributed by atoms with E-state index in [0.29, 0.717) is 18.0 Å². The second-order valence-corrected chi connectivity index (χ2v) is 10.7. The fraction of sp³-hybridized carbons (Fsp3) is 0.240. The van der Waals surface area contributed by atoms with Crippen LogP contribution >= 0.6 is 23.2 Å². The number of ether oxygens (including phenoxy) is 1. The second kappa shape index (κ2) is 11.3. The van der Waals surface area contributed by atoms with Gasteiger partial charge in [0.05, 0.1) is 28.6 Å². The lowest BCUT2D eigenvalue weighted by atomic mass is 10.1. The van der Waals surface area contributed by atoms with E-state index in [4.69, 9.17) is 27.9 Å². The Labute approximate surface area is 209 Å². The van der Waals surface area contributed by atoms with Crippen molar-refractivity contribution in [1.29, 1.82) is 0 Å². The van der Waals surface area contributed by atoms with Crippen LogP contribution in [0.15, 0.2) is 76.5 Å². The Morgan fingerprint density at radius 3 is 2.35 bits per heavy atom. The third-order valence-electron chi connectivity index (χ3n) is 5.31. The highest BCUT2D eigenvalue weighted by molar-refractivity contribution is 7.91. The smallest absolute Gasteiger partial charge is 0.339 e. The van der Waals surface area contributed by atoms with Crippen LogP contribution in [0.1, 0.15) is 34.5 Å². The quantitative estimate of drug-likeness (QED) is 0.390. The molecule has 0 radical (unpaired) electrons. The van der Waals surface area contributed by atoms with Gasteiger partial charge in [-0.05, 0) is 66.9 Å². The van der Waals surface area contributed by atoms with Gasteiger partial charge in [-0.3, -0.25) is 0 Å². The topological polar surface area (TPSA) is 92.7 Å². The SMILES string of the molecule is COC(=O)c1ccc(Cl)cc1S(=O)(=O)c1ccc(C[C@@H](C)NC[C@H](O)c2cccc(Cl)c2)cc1. The number of esters is 1. The predicted molar refractivity (Wildman–Crippen MR) is 132 cm³/mol. The number of benzene rings is 3. The number of methoxy groups -OCH3 is 1. The summed E-state index contributed by atoms with van der Waals surface area (Å²) in [5, 5.41) is 14.4. The molecule has 0 saturated heterocycles. The van der Waals surface area contributed by atoms with E-state index in [1.54, 1.807) is 30.3 Å². The highest BCUT2D eigenvalue weighted by atomic mass is 35.5. The minimum atomic E-state index is -3.99. The molecule has 0 aromatic heterocycles. The maximum atomic E-state index is 13.2. The van der Waals surface area contributed by atoms with E-state index in [-0.39, 0.29) is 26.4 Å². The summed E-state index contributed by atoms with van der Waals surface area (Å²) in [7, 11) is -2.81. The summed E-state index contributed by atoms with van der Waals surface area (Å²) in [6.07, 6.45) is -0.0805. The summed E-state index contributed by atoms with van der Waals surface area (Å²) in [4.78, 5) is 11.9. The Kier molecular flexibility index (Phi) is 8.73. The summed E-state index contributed by atoms with van der Waals surface area (Å²) >= 11 is 12.0. The predicted octanol–water partition coefficient (Wildman–Crippen LogP) is 4.87. The van der Waals surface area contributed by atoms with Crippen LogP contribution in [0.25, 0.3) is 0 Å². The molecule has 3 rings (SSSR count). The highest BCUT2D eigenvalue weighted by Gasteiger charge is 2.25. The van der Waals surface area contributed by atoms with Crippen LogP contribution in [-0.2, 0) is 21.0 Å². The van der Waals surface area contributed by atoms with Gasteiger partial charge in [0.1, 0.15) is 0 Å². The van der Waals surface area contributed by atoms with Crippen LogP contribution in [0, 0.1) is 0 Å². The number of aliphatic hydroxyl groups is 1. The molecule has 34 heavy (non-hydrogen) atoms. The molecule has 0 bridgehead atoms. The minimum absolute atomic E-state index is 0.0233. The number of rotatable bonds is 9. The molecule has 2 N–H and O–H groups in total. The average Bonchev–Trinajstić information content (AvgIpc) is 2.82. The van der Waals surface area contributed by atoms with E-state index >= 15 is 0 Å². The third-order valence-corrected chi connectivity index (χ3v) is 7.59. The number of carbonyl (C=O) groups is 1. The highest BCUT2D eigenvalue weighted by Crippen LogP contribution is 2.28. The van der Waals surface area contributed by atoms with Gasteiger partial charge in [-0.2, -0.15) is 0 Å². The van der Waals surface area contributed by atoms with E-state index in [1.165, 1.54) is 37.4 Å². The monoisotopic (exact) mass is 521 g/mol. The summed E-state index contributed by atoms with van der Waals surface area (Å²) in [5.74, 6) is -0.758. The Bertz CT molecular complexity index is 1260. The molecule has 0 amide bonds. The van der Waals surface area contributed by atoms with Crippen molar-refractivity contribution in [3.05, 3.63) is 93.5 Å². The summed E-state index contributed by atoms with van der Waals surface area (Å²) in [5.41, 5.74) is 1.57. The largest absolute Gasteiger partial charge is 0.465 e. The molecule has 0 fully saturated rings. The number of hydrogen-bond donors (Lipinski definition) is 2. The molecule has 0 spiro atoms. The zero-order valence-electron chi connectivity index (χ0n) is 18.7. The Morgan fingerprint density at radius 1 is 1.03 bits per heavy atom. The molecule has 0 saturated carbocycles. The molecule has 180 valence electrons. The number of hydrogen-bond acceptors (Lipinski definition) is 6. The summed E-state index contributed by atoms with van der Waals surface area (Å²) in [6, 6.07) is 17.6. The second-order valence-electron chi connectivity index (χ2n) is 7.86. The van der Waals surface area contributed by atoms with Gasteiger partial charge in [0, 0.05) is 22.6 Å². The van der Waals surface area contributed by atoms with Crippen molar-refractivity contribution in [2.24, 2.45) is 0 Å². The Morgan fingerprint density at radius 2 is 1.71 bits per heavy atom. The average molecular weight is 522 g/mol. The molecule has 9 heteroatoms. The van der Waals surface area contributed by atoms with Crippen molar-refractivity contribution in [2.45, 2.75) is 35.3 Å². The number of halogens is 2. The maximum absolute atomic E-state index is 13.2. The molecular formula is C25H25Cl2NO5S. The van der Waals surface area contributed by atoms with Crippen LogP contribution in [0.3, 0.4) is 0 Å². The summed E-state index contributed by atoms with van der Waals surface area (Å²) < 4.78 is 31.1. The minimum Gasteiger partial charge on any atom is -0.465 e. The summed E-state index contributed by atoms with van der Waals surface area (Å²) in [6.45, 7) is 2.32. The van der Waals surface area contributed by atoms with E-state index in [2.05, 4.69) is 5.32 Å². The van der Waals surface area contributed by atoms with Gasteiger partial charge in [-0.25, -0.2) is 13.2 Å². The number of carbonyl (C=O) groups excluding carboxylic acids is 1. The van der Waals surface area contributed by atoms with Gasteiger partial charge < -0.3 is 15.2 Å². The molecule has 3 aromatic carbocycles. The lowest BCUT2D eigenvalue weighted by molar-refractivity contribution is 0.0596. The van der Waals surface area contributed by atoms with Crippen LogP contribution in [0.4, 0.5) is 0 Å². The van der Waals surface area contributed by atoms with E-state index in [1.807, 2.05) is 13.0 Å². The van der Waals surface area contributed by atoms with Crippen molar-refractivity contribution < 1.29 is 23.1 Å². The molecule has 0 aliphatic rings. The molecule has 6 nitrogen and oxygen atoms in total. The molecule has 0 heterocycles. The van der Waals surface area contributed by atoms with Gasteiger partial charge >= 0.3 is 5.97 Å². The fourth-order valence-corrected chi connectivity index (χ4v) is 5.41. The van der Waals surface area contributed by atoms with Crippen molar-refractivity contribution >= 4 is 39.0 Å². The first-order valence-electron chi connectivity index (χ1n) is 10.5. The van der Waals surface area contributed by atoms with E-state index in [0.717, 1.165) is 11.1 Å². The van der Waals surface area contributed by atoms with Crippen molar-refractivity contribution in [3.63, 3.8) is 0 Å².